The molecular formula is C62H128N2. The summed E-state index contributed by atoms with van der Waals surface area (Å²) in [6.45, 7) is 13.0. The summed E-state index contributed by atoms with van der Waals surface area (Å²) in [5.41, 5.74) is 0. The first-order valence-corrected chi connectivity index (χ1v) is 31.2. The minimum atomic E-state index is 0.762. The molecule has 0 heterocycles. The van der Waals surface area contributed by atoms with Crippen molar-refractivity contribution in [2.45, 2.75) is 374 Å². The number of rotatable bonds is 59. The van der Waals surface area contributed by atoms with E-state index in [4.69, 9.17) is 0 Å². The average Bonchev–Trinajstić information content (AvgIpc) is 3.30. The van der Waals surface area contributed by atoms with Gasteiger partial charge in [0.25, 0.3) is 0 Å². The summed E-state index contributed by atoms with van der Waals surface area (Å²) in [7, 11) is 0. The highest BCUT2D eigenvalue weighted by Gasteiger charge is 2.10. The van der Waals surface area contributed by atoms with Gasteiger partial charge in [0.2, 0.25) is 0 Å². The van der Waals surface area contributed by atoms with Gasteiger partial charge in [-0.1, -0.05) is 329 Å². The van der Waals surface area contributed by atoms with Gasteiger partial charge in [0.05, 0.1) is 0 Å². The van der Waals surface area contributed by atoms with Crippen molar-refractivity contribution in [1.29, 1.82) is 0 Å². The molecule has 0 unspecified atom stereocenters. The zero-order valence-corrected chi connectivity index (χ0v) is 45.8. The molecule has 0 spiro atoms. The van der Waals surface area contributed by atoms with E-state index in [0.717, 1.165) is 12.0 Å². The largest absolute Gasteiger partial charge is 0.317 e. The van der Waals surface area contributed by atoms with Gasteiger partial charge in [-0.2, -0.15) is 0 Å². The molecule has 0 radical (unpaired) electrons. The van der Waals surface area contributed by atoms with Gasteiger partial charge in [-0.05, 0) is 64.1 Å². The predicted molar refractivity (Wildman–Crippen MR) is 296 cm³/mol. The first-order valence-electron chi connectivity index (χ1n) is 31.2. The summed E-state index contributed by atoms with van der Waals surface area (Å²) in [4.78, 5) is 0. The van der Waals surface area contributed by atoms with Crippen molar-refractivity contribution in [2.75, 3.05) is 19.6 Å². The predicted octanol–water partition coefficient (Wildman–Crippen LogP) is 21.9. The normalized spacial score (nSPS) is 11.9. The van der Waals surface area contributed by atoms with Gasteiger partial charge in [-0.15, -0.1) is 0 Å². The molecule has 386 valence electrons. The maximum Gasteiger partial charge on any atom is 0.00670 e. The lowest BCUT2D eigenvalue weighted by molar-refractivity contribution is 0.368. The minimum Gasteiger partial charge on any atom is -0.317 e. The van der Waals surface area contributed by atoms with E-state index in [1.807, 2.05) is 0 Å². The van der Waals surface area contributed by atoms with Crippen molar-refractivity contribution in [3.05, 3.63) is 0 Å². The number of hydrogen-bond acceptors (Lipinski definition) is 2. The van der Waals surface area contributed by atoms with Crippen molar-refractivity contribution in [1.82, 2.24) is 10.6 Å². The molecule has 2 N–H and O–H groups in total. The van der Waals surface area contributed by atoms with Crippen LogP contribution in [0, 0.1) is 5.92 Å². The molecule has 64 heavy (non-hydrogen) atoms. The Hall–Kier alpha value is -0.0800. The number of nitrogens with one attached hydrogen (secondary N) is 2. The number of hydrogen-bond donors (Lipinski definition) is 2. The summed E-state index contributed by atoms with van der Waals surface area (Å²) in [6, 6.07) is 0.762. The molecule has 0 rings (SSSR count). The van der Waals surface area contributed by atoms with E-state index >= 15 is 0 Å². The summed E-state index contributed by atoms with van der Waals surface area (Å²) >= 11 is 0. The Bertz CT molecular complexity index is 665. The van der Waals surface area contributed by atoms with Gasteiger partial charge >= 0.3 is 0 Å². The van der Waals surface area contributed by atoms with Crippen LogP contribution >= 0.6 is 0 Å². The molecule has 0 aliphatic heterocycles. The molecule has 0 saturated carbocycles. The third-order valence-corrected chi connectivity index (χ3v) is 15.2. The molecule has 0 atom stereocenters. The van der Waals surface area contributed by atoms with E-state index < -0.39 is 0 Å². The molecule has 0 aliphatic carbocycles. The van der Waals surface area contributed by atoms with E-state index in [1.54, 1.807) is 0 Å². The standard InChI is InChI=1S/C62H128N2/c1-5-9-13-17-21-25-29-33-37-41-46-53-61(54-47-42-38-34-30-26-22-18-14-10-6-2)55-52-59-63-58-50-45-51-60-64-62(56-48-43-39-35-31-27-23-19-15-11-7-3)57-49-44-40-36-32-28-24-20-16-12-8-4/h61-64H,5-60H2,1-4H3. The van der Waals surface area contributed by atoms with Crippen LogP contribution in [0.2, 0.25) is 0 Å². The summed E-state index contributed by atoms with van der Waals surface area (Å²) < 4.78 is 0. The van der Waals surface area contributed by atoms with Crippen LogP contribution in [0.3, 0.4) is 0 Å². The lowest BCUT2D eigenvalue weighted by atomic mass is 9.90. The molecule has 2 heteroatoms. The van der Waals surface area contributed by atoms with E-state index in [1.165, 1.54) is 360 Å². The van der Waals surface area contributed by atoms with Crippen molar-refractivity contribution < 1.29 is 0 Å². The second-order valence-corrected chi connectivity index (χ2v) is 21.8. The monoisotopic (exact) mass is 901 g/mol. The van der Waals surface area contributed by atoms with E-state index in [-0.39, 0.29) is 0 Å². The fourth-order valence-corrected chi connectivity index (χ4v) is 10.6. The maximum atomic E-state index is 4.08. The van der Waals surface area contributed by atoms with Gasteiger partial charge in [-0.25, -0.2) is 0 Å². The maximum absolute atomic E-state index is 4.08. The van der Waals surface area contributed by atoms with Crippen LogP contribution in [0.5, 0.6) is 0 Å². The Morgan fingerprint density at radius 3 is 0.734 bits per heavy atom. The molecule has 2 nitrogen and oxygen atoms in total. The summed E-state index contributed by atoms with van der Waals surface area (Å²) in [5, 5.41) is 7.95. The van der Waals surface area contributed by atoms with Gasteiger partial charge in [0.15, 0.2) is 0 Å². The highest BCUT2D eigenvalue weighted by Crippen LogP contribution is 2.24. The Balaban J connectivity index is 4.34. The molecular weight excluding hydrogens is 773 g/mol. The number of unbranched alkanes of at least 4 members (excludes halogenated alkanes) is 42. The summed E-state index contributed by atoms with van der Waals surface area (Å²) in [5.74, 6) is 0.980. The highest BCUT2D eigenvalue weighted by atomic mass is 14.9. The van der Waals surface area contributed by atoms with Crippen molar-refractivity contribution >= 4 is 0 Å². The topological polar surface area (TPSA) is 24.1 Å². The third kappa shape index (κ3) is 54.5. The van der Waals surface area contributed by atoms with Crippen LogP contribution in [0.15, 0.2) is 0 Å². The van der Waals surface area contributed by atoms with Gasteiger partial charge in [0, 0.05) is 6.04 Å². The SMILES string of the molecule is CCCCCCCCCCCCCC(CCCCCCCCCCCCC)CCCNCCCCCNC(CCCCCCCCCCCCC)CCCCCCCCCCCCC. The first kappa shape index (κ1) is 63.9. The third-order valence-electron chi connectivity index (χ3n) is 15.2. The molecule has 0 saturated heterocycles. The van der Waals surface area contributed by atoms with Crippen molar-refractivity contribution in [2.24, 2.45) is 5.92 Å². The second-order valence-electron chi connectivity index (χ2n) is 21.8. The smallest absolute Gasteiger partial charge is 0.00670 e. The van der Waals surface area contributed by atoms with Crippen molar-refractivity contribution in [3.63, 3.8) is 0 Å². The molecule has 0 aromatic carbocycles. The van der Waals surface area contributed by atoms with E-state index in [0.29, 0.717) is 0 Å². The highest BCUT2D eigenvalue weighted by molar-refractivity contribution is 4.69. The van der Waals surface area contributed by atoms with Crippen LogP contribution in [0.1, 0.15) is 368 Å². The molecule has 0 fully saturated rings. The van der Waals surface area contributed by atoms with Crippen LogP contribution in [0.4, 0.5) is 0 Å². The fraction of sp³-hybridized carbons (Fsp3) is 1.00. The Kier molecular flexibility index (Phi) is 59.0. The lowest BCUT2D eigenvalue weighted by Crippen LogP contribution is -2.30. The van der Waals surface area contributed by atoms with Gasteiger partial charge in [-0.3, -0.25) is 0 Å². The second kappa shape index (κ2) is 59.0. The minimum absolute atomic E-state index is 0.762. The van der Waals surface area contributed by atoms with Crippen LogP contribution in [-0.4, -0.2) is 25.7 Å². The average molecular weight is 902 g/mol. The quantitative estimate of drug-likeness (QED) is 0.0595. The van der Waals surface area contributed by atoms with Crippen LogP contribution in [0.25, 0.3) is 0 Å². The van der Waals surface area contributed by atoms with Crippen LogP contribution < -0.4 is 10.6 Å². The first-order chi connectivity index (χ1) is 31.8. The lowest BCUT2D eigenvalue weighted by Gasteiger charge is -2.19. The zero-order valence-electron chi connectivity index (χ0n) is 45.8. The van der Waals surface area contributed by atoms with Gasteiger partial charge in [0.1, 0.15) is 0 Å². The van der Waals surface area contributed by atoms with Crippen LogP contribution in [-0.2, 0) is 0 Å². The van der Waals surface area contributed by atoms with E-state index in [9.17, 15) is 0 Å². The molecule has 0 aromatic rings. The fourth-order valence-electron chi connectivity index (χ4n) is 10.6. The van der Waals surface area contributed by atoms with E-state index in [2.05, 4.69) is 38.3 Å². The summed E-state index contributed by atoms with van der Waals surface area (Å²) in [6.07, 6.45) is 77.0. The molecule has 0 amide bonds. The van der Waals surface area contributed by atoms with Gasteiger partial charge < -0.3 is 10.6 Å². The Labute approximate surface area is 408 Å². The zero-order chi connectivity index (χ0) is 46.2. The molecule has 0 bridgehead atoms. The molecule has 0 aliphatic rings. The van der Waals surface area contributed by atoms with Crippen molar-refractivity contribution in [3.8, 4) is 0 Å². The Morgan fingerprint density at radius 2 is 0.422 bits per heavy atom. The molecule has 0 aromatic heterocycles. The Morgan fingerprint density at radius 1 is 0.203 bits per heavy atom.